The fourth-order valence-electron chi connectivity index (χ4n) is 10.7. The molecule has 0 aliphatic heterocycles. The first-order valence-electron chi connectivity index (χ1n) is 28.3. The smallest absolute Gasteiger partial charge is 0.238 e. The Hall–Kier alpha value is -7.75. The molecule has 7 heteroatoms. The Bertz CT molecular complexity index is 3420. The Balaban J connectivity index is 0.000000228. The van der Waals surface area contributed by atoms with E-state index in [9.17, 15) is 0 Å². The van der Waals surface area contributed by atoms with Crippen LogP contribution < -0.4 is 5.32 Å². The molecule has 0 saturated carbocycles. The molecule has 0 fully saturated rings. The van der Waals surface area contributed by atoms with Gasteiger partial charge in [-0.3, -0.25) is 4.99 Å². The minimum Gasteiger partial charge on any atom is -1.00 e. The average molecular weight is 1060 g/mol. The maximum atomic E-state index is 6.81. The summed E-state index contributed by atoms with van der Waals surface area (Å²) in [5.41, 5.74) is 21.7. The molecule has 2 radical (unpaired) electrons. The zero-order valence-electron chi connectivity index (χ0n) is 51.4. The van der Waals surface area contributed by atoms with Crippen LogP contribution in [0.15, 0.2) is 196 Å². The third-order valence-electron chi connectivity index (χ3n) is 14.3. The molecule has 2 aromatic heterocycles. The van der Waals surface area contributed by atoms with Gasteiger partial charge in [-0.05, 0) is 83.4 Å². The van der Waals surface area contributed by atoms with E-state index >= 15 is 0 Å². The second kappa shape index (κ2) is 28.1. The molecule has 1 unspecified atom stereocenters. The molecule has 0 bridgehead atoms. The van der Waals surface area contributed by atoms with Gasteiger partial charge in [-0.25, -0.2) is 9.97 Å². The van der Waals surface area contributed by atoms with Crippen molar-refractivity contribution in [2.24, 2.45) is 4.99 Å². The maximum Gasteiger partial charge on any atom is 0.238 e. The number of aromatic nitrogens is 2. The summed E-state index contributed by atoms with van der Waals surface area (Å²) in [4.78, 5) is 14.9. The average Bonchev–Trinajstić information content (AvgIpc) is 4.29. The topological polar surface area (TPSA) is 76.5 Å². The number of benzene rings is 8. The summed E-state index contributed by atoms with van der Waals surface area (Å²) in [6, 6.07) is 65.7. The van der Waals surface area contributed by atoms with Gasteiger partial charge in [0.05, 0.1) is 11.9 Å². The van der Waals surface area contributed by atoms with Crippen molar-refractivity contribution in [2.75, 3.05) is 5.32 Å². The predicted octanol–water partition coefficient (Wildman–Crippen LogP) is 20.5. The van der Waals surface area contributed by atoms with Crippen molar-refractivity contribution in [1.29, 1.82) is 0 Å². The van der Waals surface area contributed by atoms with Gasteiger partial charge >= 0.3 is 0 Å². The van der Waals surface area contributed by atoms with Gasteiger partial charge in [-0.2, -0.15) is 34.9 Å². The van der Waals surface area contributed by atoms with Crippen LogP contribution in [0.2, 0.25) is 0 Å². The first kappa shape index (κ1) is 60.9. The molecule has 1 N–H and O–H groups in total. The predicted molar refractivity (Wildman–Crippen MR) is 344 cm³/mol. The van der Waals surface area contributed by atoms with Gasteiger partial charge in [0.2, 0.25) is 11.8 Å². The zero-order valence-corrected chi connectivity index (χ0v) is 50.4. The van der Waals surface area contributed by atoms with Crippen molar-refractivity contribution in [1.82, 2.24) is 9.97 Å². The Labute approximate surface area is 497 Å². The van der Waals surface area contributed by atoms with Crippen molar-refractivity contribution in [3.63, 3.8) is 0 Å². The summed E-state index contributed by atoms with van der Waals surface area (Å²) in [5, 5.41) is 4.00. The van der Waals surface area contributed by atoms with E-state index < -0.39 is 0 Å². The number of nitrogens with one attached hydrogen (secondary N) is 1. The van der Waals surface area contributed by atoms with Crippen molar-refractivity contribution < 1.29 is 10.3 Å². The minimum atomic E-state index is -0.266. The van der Waals surface area contributed by atoms with Crippen LogP contribution in [-0.4, -0.2) is 35.0 Å². The molecule has 0 amide bonds. The Morgan fingerprint density at radius 3 is 1.26 bits per heavy atom. The van der Waals surface area contributed by atoms with Gasteiger partial charge in [0.15, 0.2) is 11.5 Å². The molecule has 0 saturated heterocycles. The number of aliphatic imine (C=N–C) groups is 1. The second-order valence-corrected chi connectivity index (χ2v) is 22.3. The van der Waals surface area contributed by atoms with E-state index in [1.54, 1.807) is 6.21 Å². The number of oxazole rings is 2. The van der Waals surface area contributed by atoms with Crippen LogP contribution in [0.25, 0.3) is 45.2 Å². The molecule has 10 rings (SSSR count). The molecule has 2 heterocycles. The van der Waals surface area contributed by atoms with E-state index in [0.29, 0.717) is 35.5 Å². The first-order chi connectivity index (χ1) is 38.5. The summed E-state index contributed by atoms with van der Waals surface area (Å²) in [7, 11) is 0. The number of para-hydroxylation sites is 2. The molecule has 81 heavy (non-hydrogen) atoms. The third kappa shape index (κ3) is 15.2. The molecule has 0 spiro atoms. The van der Waals surface area contributed by atoms with Crippen molar-refractivity contribution in [2.45, 2.75) is 127 Å². The van der Waals surface area contributed by atoms with Crippen LogP contribution in [0.3, 0.4) is 0 Å². The van der Waals surface area contributed by atoms with Crippen molar-refractivity contribution in [3.05, 3.63) is 261 Å². The van der Waals surface area contributed by atoms with Gasteiger partial charge in [-0.15, -0.1) is 0 Å². The van der Waals surface area contributed by atoms with Crippen LogP contribution in [0.1, 0.15) is 160 Å². The van der Waals surface area contributed by atoms with Gasteiger partial charge in [0.25, 0.3) is 0 Å². The third-order valence-corrected chi connectivity index (χ3v) is 14.3. The van der Waals surface area contributed by atoms with Gasteiger partial charge in [0.1, 0.15) is 17.4 Å². The van der Waals surface area contributed by atoms with Crippen LogP contribution in [0.4, 0.5) is 11.4 Å². The fraction of sp³-hybridized carbons (Fsp3) is 0.257. The summed E-state index contributed by atoms with van der Waals surface area (Å²) >= 11 is 0. The summed E-state index contributed by atoms with van der Waals surface area (Å²) in [6.07, 6.45) is 1.76. The maximum absolute atomic E-state index is 6.81. The van der Waals surface area contributed by atoms with E-state index in [0.717, 1.165) is 50.8 Å². The summed E-state index contributed by atoms with van der Waals surface area (Å²) in [6.45, 7) is 30.6. The number of hydrogen-bond donors (Lipinski definition) is 1. The van der Waals surface area contributed by atoms with Gasteiger partial charge in [0, 0.05) is 27.9 Å². The summed E-state index contributed by atoms with van der Waals surface area (Å²) < 4.78 is 13.0. The standard InChI is InChI=1S/C37H40N2O.C28H28N2O.C9H11.Li.H/c1-23(2)30-19-14-20-31(24(3)4)34(30)38-35(32-26(6)21-25(5)22-27(32)7)37-39-33(28-15-10-8-11-16-28)36(40-37)29-17-12-9-13-18-29;1-19(2)23-16-11-17-24(20(3)4)27(23)29-18-25-30-26(21-12-7-5-8-13-21)28(31-25)22-14-9-6-10-15-22;1-7-4-8(2)6-9(3)5-7;;/h8-24,35,38H,1-7H3;5-20H,1-4H3;4-5H,1-3H3;;/q;;3*-1. The molecule has 0 aliphatic carbocycles. The molecule has 8 aromatic carbocycles. The van der Waals surface area contributed by atoms with Gasteiger partial charge < -0.3 is 34.4 Å². The number of hydrogen-bond acceptors (Lipinski definition) is 6. The fourth-order valence-corrected chi connectivity index (χ4v) is 10.7. The Kier molecular flexibility index (Phi) is 21.1. The first-order valence-corrected chi connectivity index (χ1v) is 28.3. The minimum absolute atomic E-state index is 0. The van der Waals surface area contributed by atoms with Crippen molar-refractivity contribution in [3.8, 4) is 45.2 Å². The van der Waals surface area contributed by atoms with E-state index in [-0.39, 0.29) is 26.3 Å². The monoisotopic (exact) mass is 1060 g/mol. The Morgan fingerprint density at radius 2 is 0.840 bits per heavy atom. The number of aryl methyl sites for hydroxylation is 6. The molecule has 6 nitrogen and oxygen atoms in total. The van der Waals surface area contributed by atoms with Crippen molar-refractivity contribution >= 4 is 36.4 Å². The van der Waals surface area contributed by atoms with Crippen LogP contribution >= 0.6 is 0 Å². The van der Waals surface area contributed by atoms with Crippen LogP contribution in [-0.2, 0) is 0 Å². The van der Waals surface area contributed by atoms with Crippen LogP contribution in [0.5, 0.6) is 0 Å². The molecule has 10 aromatic rings. The number of anilines is 1. The SMILES string of the molecule is CC(C)c1cccc(C(C)C)c1N=Cc1nc(-c2ccccc2)c(-c2ccccc2)o1.Cc1[c-]c(C)cc(C)c1.Cc1cc(C)c(C(Nc2c(C(C)C)cccc2C(C)C)c2nc(-c3ccccc3)c(-c3ccccc3)o2)c(C)c1.[H-].[Li-]. The number of nitrogens with zero attached hydrogens (tertiary/aromatic N) is 3. The van der Waals surface area contributed by atoms with E-state index in [1.807, 2.05) is 72.8 Å². The normalized spacial score (nSPS) is 11.6. The molecular weight excluding hydrogens is 984 g/mol. The zero-order chi connectivity index (χ0) is 57.0. The van der Waals surface area contributed by atoms with E-state index in [4.69, 9.17) is 23.8 Å². The van der Waals surface area contributed by atoms with Crippen LogP contribution in [0, 0.1) is 47.6 Å². The molecule has 1 atom stereocenters. The molecular formula is C74H80LiN4O2-3. The quantitative estimate of drug-likeness (QED) is 0.0667. The number of rotatable bonds is 14. The largest absolute Gasteiger partial charge is 1.00 e. The Morgan fingerprint density at radius 1 is 0.457 bits per heavy atom. The van der Waals surface area contributed by atoms with E-state index in [2.05, 4.69) is 218 Å². The molecule has 0 aliphatic rings. The molecule has 412 valence electrons. The van der Waals surface area contributed by atoms with E-state index in [1.165, 1.54) is 66.9 Å². The second-order valence-electron chi connectivity index (χ2n) is 22.3. The summed E-state index contributed by atoms with van der Waals surface area (Å²) in [5.74, 6) is 4.22. The van der Waals surface area contributed by atoms with Gasteiger partial charge in [-0.1, -0.05) is 252 Å².